The molecule has 1 N–H and O–H groups in total. The lowest BCUT2D eigenvalue weighted by Gasteiger charge is -2.25. The lowest BCUT2D eigenvalue weighted by molar-refractivity contribution is -0.160. The number of rotatable bonds is 5. The molecule has 2 atom stereocenters. The maximum Gasteiger partial charge on any atom is 0.325 e. The molecule has 28 heavy (non-hydrogen) atoms. The summed E-state index contributed by atoms with van der Waals surface area (Å²) in [5.74, 6) is -2.10. The van der Waals surface area contributed by atoms with Gasteiger partial charge in [-0.25, -0.2) is 17.6 Å². The van der Waals surface area contributed by atoms with Crippen molar-refractivity contribution < 1.29 is 31.9 Å². The fraction of sp³-hybridized carbons (Fsp3) is 0.471. The standard InChI is InChI=1S/C17H20FN3O6S/c1-11(15(22)20-10-8-19-17(20)24)27-16(23)14-3-2-9-21(14)28(25,26)13-6-4-12(18)5-7-13/h4-7,11,14H,2-3,8-10H2,1H3,(H,19,24)/t11-,14-/m0/s1. The minimum Gasteiger partial charge on any atom is -0.451 e. The topological polar surface area (TPSA) is 113 Å². The maximum atomic E-state index is 13.1. The minimum atomic E-state index is -4.02. The second-order valence-corrected chi connectivity index (χ2v) is 8.42. The molecule has 11 heteroatoms. The van der Waals surface area contributed by atoms with Gasteiger partial charge in [-0.2, -0.15) is 4.31 Å². The van der Waals surface area contributed by atoms with Gasteiger partial charge in [0.2, 0.25) is 10.0 Å². The van der Waals surface area contributed by atoms with Crippen molar-refractivity contribution in [3.05, 3.63) is 30.1 Å². The van der Waals surface area contributed by atoms with Crippen LogP contribution < -0.4 is 5.32 Å². The second kappa shape index (κ2) is 7.84. The van der Waals surface area contributed by atoms with Gasteiger partial charge in [-0.1, -0.05) is 0 Å². The number of amides is 3. The summed E-state index contributed by atoms with van der Waals surface area (Å²) >= 11 is 0. The summed E-state index contributed by atoms with van der Waals surface area (Å²) in [6.45, 7) is 1.93. The van der Waals surface area contributed by atoms with Gasteiger partial charge in [0.15, 0.2) is 6.10 Å². The first kappa shape index (κ1) is 20.2. The number of sulfonamides is 1. The van der Waals surface area contributed by atoms with Crippen LogP contribution in [0.5, 0.6) is 0 Å². The van der Waals surface area contributed by atoms with Crippen LogP contribution in [0, 0.1) is 5.82 Å². The van der Waals surface area contributed by atoms with Gasteiger partial charge in [-0.05, 0) is 44.0 Å². The summed E-state index contributed by atoms with van der Waals surface area (Å²) < 4.78 is 44.8. The van der Waals surface area contributed by atoms with Crippen molar-refractivity contribution in [2.45, 2.75) is 36.8 Å². The predicted molar refractivity (Wildman–Crippen MR) is 94.0 cm³/mol. The van der Waals surface area contributed by atoms with E-state index in [1.165, 1.54) is 6.92 Å². The van der Waals surface area contributed by atoms with Gasteiger partial charge < -0.3 is 10.1 Å². The lowest BCUT2D eigenvalue weighted by atomic mass is 10.2. The molecular weight excluding hydrogens is 393 g/mol. The van der Waals surface area contributed by atoms with Crippen LogP contribution in [-0.2, 0) is 24.3 Å². The average molecular weight is 413 g/mol. The van der Waals surface area contributed by atoms with Gasteiger partial charge in [0.1, 0.15) is 11.9 Å². The number of nitrogens with one attached hydrogen (secondary N) is 1. The number of ether oxygens (including phenoxy) is 1. The molecule has 2 heterocycles. The van der Waals surface area contributed by atoms with E-state index in [9.17, 15) is 27.2 Å². The highest BCUT2D eigenvalue weighted by Gasteiger charge is 2.42. The van der Waals surface area contributed by atoms with Crippen LogP contribution in [0.4, 0.5) is 9.18 Å². The molecule has 3 rings (SSSR count). The third-order valence-corrected chi connectivity index (χ3v) is 6.58. The summed E-state index contributed by atoms with van der Waals surface area (Å²) in [7, 11) is -4.02. The summed E-state index contributed by atoms with van der Waals surface area (Å²) in [4.78, 5) is 37.2. The zero-order chi connectivity index (χ0) is 20.5. The normalized spacial score (nSPS) is 21.4. The molecule has 9 nitrogen and oxygen atoms in total. The van der Waals surface area contributed by atoms with E-state index >= 15 is 0 Å². The van der Waals surface area contributed by atoms with Gasteiger partial charge in [0, 0.05) is 19.6 Å². The van der Waals surface area contributed by atoms with E-state index in [1.807, 2.05) is 0 Å². The molecule has 2 aliphatic heterocycles. The van der Waals surface area contributed by atoms with E-state index in [1.54, 1.807) is 0 Å². The monoisotopic (exact) mass is 413 g/mol. The Balaban J connectivity index is 1.71. The Hall–Kier alpha value is -2.53. The first-order valence-corrected chi connectivity index (χ1v) is 10.2. The second-order valence-electron chi connectivity index (χ2n) is 6.53. The first-order chi connectivity index (χ1) is 13.2. The van der Waals surface area contributed by atoms with Crippen LogP contribution in [0.2, 0.25) is 0 Å². The minimum absolute atomic E-state index is 0.107. The van der Waals surface area contributed by atoms with Crippen LogP contribution in [0.1, 0.15) is 19.8 Å². The van der Waals surface area contributed by atoms with Gasteiger partial charge >= 0.3 is 12.0 Å². The highest BCUT2D eigenvalue weighted by molar-refractivity contribution is 7.89. The Kier molecular flexibility index (Phi) is 5.66. The Morgan fingerprint density at radius 2 is 1.93 bits per heavy atom. The van der Waals surface area contributed by atoms with Crippen LogP contribution in [0.25, 0.3) is 0 Å². The highest BCUT2D eigenvalue weighted by atomic mass is 32.2. The van der Waals surface area contributed by atoms with E-state index in [0.717, 1.165) is 33.5 Å². The molecule has 0 saturated carbocycles. The molecule has 0 aliphatic carbocycles. The van der Waals surface area contributed by atoms with Crippen LogP contribution in [0.15, 0.2) is 29.2 Å². The molecule has 1 aromatic rings. The number of hydrogen-bond donors (Lipinski definition) is 1. The van der Waals surface area contributed by atoms with Crippen LogP contribution in [-0.4, -0.2) is 67.3 Å². The number of esters is 1. The molecule has 152 valence electrons. The van der Waals surface area contributed by atoms with E-state index in [2.05, 4.69) is 5.32 Å². The number of hydrogen-bond acceptors (Lipinski definition) is 6. The number of imide groups is 1. The number of carbonyl (C=O) groups excluding carboxylic acids is 3. The molecule has 0 bridgehead atoms. The molecule has 1 aromatic carbocycles. The lowest BCUT2D eigenvalue weighted by Crippen LogP contribution is -2.46. The Bertz CT molecular complexity index is 889. The van der Waals surface area contributed by atoms with Crippen molar-refractivity contribution in [1.82, 2.24) is 14.5 Å². The van der Waals surface area contributed by atoms with Crippen LogP contribution in [0.3, 0.4) is 0 Å². The number of halogens is 1. The zero-order valence-electron chi connectivity index (χ0n) is 15.1. The van der Waals surface area contributed by atoms with Crippen molar-refractivity contribution in [2.75, 3.05) is 19.6 Å². The molecule has 0 spiro atoms. The van der Waals surface area contributed by atoms with E-state index in [4.69, 9.17) is 4.74 Å². The Labute approximate surface area is 161 Å². The molecule has 3 amide bonds. The summed E-state index contributed by atoms with van der Waals surface area (Å²) in [5, 5.41) is 2.47. The van der Waals surface area contributed by atoms with Crippen molar-refractivity contribution in [1.29, 1.82) is 0 Å². The number of nitrogens with zero attached hydrogens (tertiary/aromatic N) is 2. The SMILES string of the molecule is C[C@H](OC(=O)[C@@H]1CCCN1S(=O)(=O)c1ccc(F)cc1)C(=O)N1CCNC1=O. The molecule has 2 saturated heterocycles. The fourth-order valence-electron chi connectivity index (χ4n) is 3.21. The maximum absolute atomic E-state index is 13.1. The highest BCUT2D eigenvalue weighted by Crippen LogP contribution is 2.27. The largest absolute Gasteiger partial charge is 0.451 e. The molecule has 2 aliphatic rings. The Morgan fingerprint density at radius 3 is 2.54 bits per heavy atom. The van der Waals surface area contributed by atoms with Gasteiger partial charge in [0.25, 0.3) is 5.91 Å². The molecule has 0 unspecified atom stereocenters. The van der Waals surface area contributed by atoms with Crippen molar-refractivity contribution in [3.8, 4) is 0 Å². The third-order valence-electron chi connectivity index (χ3n) is 4.66. The summed E-state index contributed by atoms with van der Waals surface area (Å²) in [6, 6.07) is 2.66. The van der Waals surface area contributed by atoms with E-state index in [-0.39, 0.29) is 24.4 Å². The van der Waals surface area contributed by atoms with Gasteiger partial charge in [0.05, 0.1) is 4.90 Å². The fourth-order valence-corrected chi connectivity index (χ4v) is 4.86. The third kappa shape index (κ3) is 3.85. The molecule has 0 radical (unpaired) electrons. The smallest absolute Gasteiger partial charge is 0.325 e. The Morgan fingerprint density at radius 1 is 1.25 bits per heavy atom. The molecular formula is C17H20FN3O6S. The predicted octanol–water partition coefficient (Wildman–Crippen LogP) is 0.462. The summed E-state index contributed by atoms with van der Waals surface area (Å²) in [5.41, 5.74) is 0. The van der Waals surface area contributed by atoms with E-state index < -0.39 is 45.9 Å². The number of benzene rings is 1. The molecule has 0 aromatic heterocycles. The van der Waals surface area contributed by atoms with Gasteiger partial charge in [-0.15, -0.1) is 0 Å². The zero-order valence-corrected chi connectivity index (χ0v) is 15.9. The summed E-state index contributed by atoms with van der Waals surface area (Å²) in [6.07, 6.45) is -0.547. The average Bonchev–Trinajstić information content (AvgIpc) is 3.30. The van der Waals surface area contributed by atoms with Crippen LogP contribution >= 0.6 is 0 Å². The first-order valence-electron chi connectivity index (χ1n) is 8.79. The molecule has 2 fully saturated rings. The van der Waals surface area contributed by atoms with Crippen molar-refractivity contribution in [3.63, 3.8) is 0 Å². The van der Waals surface area contributed by atoms with Crippen molar-refractivity contribution >= 4 is 27.9 Å². The van der Waals surface area contributed by atoms with Crippen molar-refractivity contribution in [2.24, 2.45) is 0 Å². The van der Waals surface area contributed by atoms with Gasteiger partial charge in [-0.3, -0.25) is 14.5 Å². The quantitative estimate of drug-likeness (QED) is 0.702. The van der Waals surface area contributed by atoms with E-state index in [0.29, 0.717) is 13.0 Å². The number of carbonyl (C=O) groups is 3. The number of urea groups is 1.